The Kier molecular flexibility index (Phi) is 7.80. The van der Waals surface area contributed by atoms with Gasteiger partial charge in [-0.2, -0.15) is 0 Å². The molecule has 0 unspecified atom stereocenters. The SMILES string of the molecule is C/C=C/COCCc1cc(CCO)ccc1-c1ccc(-c2ccccc2)cc1C. The third-order valence-electron chi connectivity index (χ3n) is 5.16. The first-order valence-electron chi connectivity index (χ1n) is 10.3. The lowest BCUT2D eigenvalue weighted by Gasteiger charge is -2.15. The molecule has 2 heteroatoms. The Morgan fingerprint density at radius 2 is 1.66 bits per heavy atom. The molecule has 0 fully saturated rings. The number of benzene rings is 3. The van der Waals surface area contributed by atoms with Gasteiger partial charge in [-0.15, -0.1) is 0 Å². The van der Waals surface area contributed by atoms with E-state index in [1.54, 1.807) is 0 Å². The number of aryl methyl sites for hydroxylation is 1. The minimum atomic E-state index is 0.168. The van der Waals surface area contributed by atoms with Crippen LogP contribution >= 0.6 is 0 Å². The highest BCUT2D eigenvalue weighted by Gasteiger charge is 2.10. The van der Waals surface area contributed by atoms with Crippen LogP contribution in [0.5, 0.6) is 0 Å². The van der Waals surface area contributed by atoms with E-state index < -0.39 is 0 Å². The second kappa shape index (κ2) is 10.8. The highest BCUT2D eigenvalue weighted by Crippen LogP contribution is 2.31. The molecule has 2 nitrogen and oxygen atoms in total. The molecule has 0 aliphatic carbocycles. The average molecular weight is 387 g/mol. The Morgan fingerprint density at radius 3 is 2.38 bits per heavy atom. The molecule has 29 heavy (non-hydrogen) atoms. The third kappa shape index (κ3) is 5.66. The topological polar surface area (TPSA) is 29.5 Å². The molecule has 1 N–H and O–H groups in total. The number of ether oxygens (including phenoxy) is 1. The van der Waals surface area contributed by atoms with E-state index in [9.17, 15) is 5.11 Å². The first kappa shape index (κ1) is 21.0. The Bertz CT molecular complexity index is 942. The zero-order chi connectivity index (χ0) is 20.5. The molecule has 0 aliphatic heterocycles. The standard InChI is InChI=1S/C27H30O2/c1-3-4-17-29-18-15-25-20-22(14-16-28)10-12-27(25)26-13-11-24(19-21(26)2)23-8-6-5-7-9-23/h3-13,19-20,28H,14-18H2,1-2H3/b4-3+. The Hall–Kier alpha value is -2.68. The molecule has 3 aromatic rings. The minimum absolute atomic E-state index is 0.168. The molecule has 3 aromatic carbocycles. The first-order valence-corrected chi connectivity index (χ1v) is 10.3. The first-order chi connectivity index (χ1) is 14.2. The normalized spacial score (nSPS) is 11.3. The predicted octanol–water partition coefficient (Wildman–Crippen LogP) is 6.00. The molecule has 0 bridgehead atoms. The largest absolute Gasteiger partial charge is 0.396 e. The molecule has 3 rings (SSSR count). The Labute approximate surface area is 174 Å². The average Bonchev–Trinajstić information content (AvgIpc) is 2.75. The third-order valence-corrected chi connectivity index (χ3v) is 5.16. The molecule has 0 spiro atoms. The van der Waals surface area contributed by atoms with Crippen molar-refractivity contribution in [3.8, 4) is 22.3 Å². The van der Waals surface area contributed by atoms with Gasteiger partial charge in [-0.05, 0) is 65.6 Å². The van der Waals surface area contributed by atoms with Crippen LogP contribution in [0, 0.1) is 6.92 Å². The summed E-state index contributed by atoms with van der Waals surface area (Å²) < 4.78 is 5.74. The lowest BCUT2D eigenvalue weighted by Crippen LogP contribution is -2.02. The molecule has 0 aliphatic rings. The maximum atomic E-state index is 9.32. The van der Waals surface area contributed by atoms with E-state index >= 15 is 0 Å². The lowest BCUT2D eigenvalue weighted by atomic mass is 9.90. The summed E-state index contributed by atoms with van der Waals surface area (Å²) in [6, 6.07) is 23.7. The van der Waals surface area contributed by atoms with Crippen LogP contribution in [-0.2, 0) is 17.6 Å². The second-order valence-electron chi connectivity index (χ2n) is 7.25. The molecule has 0 saturated carbocycles. The van der Waals surface area contributed by atoms with E-state index in [4.69, 9.17) is 4.74 Å². The number of hydrogen-bond acceptors (Lipinski definition) is 2. The summed E-state index contributed by atoms with van der Waals surface area (Å²) >= 11 is 0. The monoisotopic (exact) mass is 386 g/mol. The summed E-state index contributed by atoms with van der Waals surface area (Å²) in [5, 5.41) is 9.32. The highest BCUT2D eigenvalue weighted by molar-refractivity contribution is 5.75. The number of rotatable bonds is 9. The summed E-state index contributed by atoms with van der Waals surface area (Å²) in [4.78, 5) is 0. The molecule has 0 aromatic heterocycles. The Balaban J connectivity index is 1.89. The fraction of sp³-hybridized carbons (Fsp3) is 0.259. The van der Waals surface area contributed by atoms with Gasteiger partial charge < -0.3 is 9.84 Å². The molecule has 0 radical (unpaired) electrons. The minimum Gasteiger partial charge on any atom is -0.396 e. The van der Waals surface area contributed by atoms with Crippen molar-refractivity contribution in [2.75, 3.05) is 19.8 Å². The van der Waals surface area contributed by atoms with Crippen molar-refractivity contribution in [3.05, 3.63) is 95.6 Å². The van der Waals surface area contributed by atoms with E-state index in [2.05, 4.69) is 67.6 Å². The van der Waals surface area contributed by atoms with Crippen LogP contribution in [0.15, 0.2) is 78.9 Å². The molecule has 0 atom stereocenters. The van der Waals surface area contributed by atoms with Gasteiger partial charge in [0.15, 0.2) is 0 Å². The fourth-order valence-electron chi connectivity index (χ4n) is 3.61. The molecular weight excluding hydrogens is 356 g/mol. The summed E-state index contributed by atoms with van der Waals surface area (Å²) in [6.45, 7) is 5.67. The highest BCUT2D eigenvalue weighted by atomic mass is 16.5. The molecular formula is C27H30O2. The van der Waals surface area contributed by atoms with Crippen molar-refractivity contribution in [1.82, 2.24) is 0 Å². The zero-order valence-electron chi connectivity index (χ0n) is 17.4. The van der Waals surface area contributed by atoms with Gasteiger partial charge in [-0.25, -0.2) is 0 Å². The van der Waals surface area contributed by atoms with Crippen LogP contribution in [0.4, 0.5) is 0 Å². The maximum absolute atomic E-state index is 9.32. The van der Waals surface area contributed by atoms with Crippen molar-refractivity contribution in [2.45, 2.75) is 26.7 Å². The van der Waals surface area contributed by atoms with Crippen LogP contribution in [0.1, 0.15) is 23.6 Å². The van der Waals surface area contributed by atoms with E-state index in [1.165, 1.54) is 38.9 Å². The molecule has 0 saturated heterocycles. The quantitative estimate of drug-likeness (QED) is 0.361. The van der Waals surface area contributed by atoms with Gasteiger partial charge in [0.25, 0.3) is 0 Å². The molecule has 0 amide bonds. The van der Waals surface area contributed by atoms with Crippen LogP contribution < -0.4 is 0 Å². The van der Waals surface area contributed by atoms with Crippen LogP contribution in [0.25, 0.3) is 22.3 Å². The molecule has 150 valence electrons. The van der Waals surface area contributed by atoms with Gasteiger partial charge in [0.1, 0.15) is 0 Å². The number of aliphatic hydroxyl groups is 1. The fourth-order valence-corrected chi connectivity index (χ4v) is 3.61. The Morgan fingerprint density at radius 1 is 0.862 bits per heavy atom. The van der Waals surface area contributed by atoms with Gasteiger partial charge in [0, 0.05) is 6.61 Å². The van der Waals surface area contributed by atoms with Crippen molar-refractivity contribution in [1.29, 1.82) is 0 Å². The van der Waals surface area contributed by atoms with Gasteiger partial charge in [-0.1, -0.05) is 78.9 Å². The van der Waals surface area contributed by atoms with E-state index in [-0.39, 0.29) is 6.61 Å². The van der Waals surface area contributed by atoms with Gasteiger partial charge >= 0.3 is 0 Å². The van der Waals surface area contributed by atoms with Crippen molar-refractivity contribution in [2.24, 2.45) is 0 Å². The van der Waals surface area contributed by atoms with Crippen molar-refractivity contribution in [3.63, 3.8) is 0 Å². The van der Waals surface area contributed by atoms with Gasteiger partial charge in [0.2, 0.25) is 0 Å². The lowest BCUT2D eigenvalue weighted by molar-refractivity contribution is 0.166. The smallest absolute Gasteiger partial charge is 0.0647 e. The van der Waals surface area contributed by atoms with Gasteiger partial charge in [-0.3, -0.25) is 0 Å². The summed E-state index contributed by atoms with van der Waals surface area (Å²) in [6.07, 6.45) is 5.56. The zero-order valence-corrected chi connectivity index (χ0v) is 17.4. The summed E-state index contributed by atoms with van der Waals surface area (Å²) in [5.74, 6) is 0. The number of aliphatic hydroxyl groups excluding tert-OH is 1. The summed E-state index contributed by atoms with van der Waals surface area (Å²) in [7, 11) is 0. The second-order valence-corrected chi connectivity index (χ2v) is 7.25. The van der Waals surface area contributed by atoms with E-state index in [0.717, 1.165) is 6.42 Å². The predicted molar refractivity (Wildman–Crippen MR) is 122 cm³/mol. The van der Waals surface area contributed by atoms with Gasteiger partial charge in [0.05, 0.1) is 13.2 Å². The van der Waals surface area contributed by atoms with Crippen LogP contribution in [0.3, 0.4) is 0 Å². The molecule has 0 heterocycles. The van der Waals surface area contributed by atoms with Crippen molar-refractivity contribution >= 4 is 0 Å². The summed E-state index contributed by atoms with van der Waals surface area (Å²) in [5.41, 5.74) is 8.67. The van der Waals surface area contributed by atoms with Crippen LogP contribution in [0.2, 0.25) is 0 Å². The van der Waals surface area contributed by atoms with E-state index in [0.29, 0.717) is 19.6 Å². The van der Waals surface area contributed by atoms with Crippen molar-refractivity contribution < 1.29 is 9.84 Å². The number of allylic oxidation sites excluding steroid dienone is 1. The van der Waals surface area contributed by atoms with Crippen LogP contribution in [-0.4, -0.2) is 24.9 Å². The maximum Gasteiger partial charge on any atom is 0.0647 e. The number of hydrogen-bond donors (Lipinski definition) is 1. The van der Waals surface area contributed by atoms with E-state index in [1.807, 2.05) is 25.1 Å².